The zero-order valence-electron chi connectivity index (χ0n) is 12.8. The third kappa shape index (κ3) is 5.37. The Hall–Kier alpha value is -2.92. The molecule has 1 atom stereocenters. The smallest absolute Gasteiger partial charge is 0.334 e. The Kier molecular flexibility index (Phi) is 6.73. The van der Waals surface area contributed by atoms with E-state index >= 15 is 0 Å². The molecule has 0 fully saturated rings. The number of aliphatic hydroxyl groups excluding tert-OH is 1. The van der Waals surface area contributed by atoms with Crippen LogP contribution in [0.3, 0.4) is 0 Å². The second-order valence-electron chi connectivity index (χ2n) is 4.91. The van der Waals surface area contributed by atoms with Gasteiger partial charge in [0.25, 0.3) is 0 Å². The molecule has 6 heteroatoms. The van der Waals surface area contributed by atoms with Crippen LogP contribution in [0, 0.1) is 0 Å². The second-order valence-corrected chi connectivity index (χ2v) is 4.91. The van der Waals surface area contributed by atoms with Gasteiger partial charge in [-0.3, -0.25) is 4.84 Å². The highest BCUT2D eigenvalue weighted by Gasteiger charge is 2.26. The molecule has 0 radical (unpaired) electrons. The van der Waals surface area contributed by atoms with Crippen LogP contribution in [0.1, 0.15) is 11.1 Å². The first-order valence-electron chi connectivity index (χ1n) is 7.26. The Bertz CT molecular complexity index is 696. The van der Waals surface area contributed by atoms with Gasteiger partial charge in [0, 0.05) is 0 Å². The molecule has 2 N–H and O–H groups in total. The minimum Gasteiger partial charge on any atom is -0.500 e. The highest BCUT2D eigenvalue weighted by molar-refractivity contribution is 5.81. The van der Waals surface area contributed by atoms with E-state index in [1.165, 1.54) is 5.94 Å². The van der Waals surface area contributed by atoms with Crippen LogP contribution < -0.4 is 5.48 Å². The van der Waals surface area contributed by atoms with Gasteiger partial charge in [0.2, 0.25) is 5.76 Å². The Balaban J connectivity index is 1.89. The average molecular weight is 327 g/mol. The number of nitrogens with one attached hydrogen (secondary N) is 1. The number of hydrogen-bond acceptors (Lipinski definition) is 6. The van der Waals surface area contributed by atoms with Gasteiger partial charge < -0.3 is 9.84 Å². The van der Waals surface area contributed by atoms with E-state index in [2.05, 4.69) is 5.48 Å². The summed E-state index contributed by atoms with van der Waals surface area (Å²) in [6.45, 7) is 0.165. The first-order chi connectivity index (χ1) is 11.7. The lowest BCUT2D eigenvalue weighted by Crippen LogP contribution is -2.39. The van der Waals surface area contributed by atoms with Crippen molar-refractivity contribution in [2.45, 2.75) is 19.3 Å². The Morgan fingerprint density at radius 3 is 2.08 bits per heavy atom. The molecule has 0 unspecified atom stereocenters. The van der Waals surface area contributed by atoms with Crippen molar-refractivity contribution < 1.29 is 24.3 Å². The van der Waals surface area contributed by atoms with E-state index in [4.69, 9.17) is 9.57 Å². The van der Waals surface area contributed by atoms with Crippen LogP contribution >= 0.6 is 0 Å². The SMILES string of the molecule is O=C=C(O)[C@H](NOCc1ccccc1)C(=O)OCc1ccccc1. The van der Waals surface area contributed by atoms with Crippen molar-refractivity contribution in [1.82, 2.24) is 5.48 Å². The number of carbonyl (C=O) groups excluding carboxylic acids is 2. The lowest BCUT2D eigenvalue weighted by molar-refractivity contribution is -0.152. The van der Waals surface area contributed by atoms with Gasteiger partial charge in [0.15, 0.2) is 12.0 Å². The molecule has 124 valence electrons. The number of rotatable bonds is 8. The summed E-state index contributed by atoms with van der Waals surface area (Å²) in [7, 11) is 0. The van der Waals surface area contributed by atoms with Gasteiger partial charge >= 0.3 is 5.97 Å². The third-order valence-corrected chi connectivity index (χ3v) is 3.12. The topological polar surface area (TPSA) is 84.9 Å². The minimum absolute atomic E-state index is 0.0165. The quantitative estimate of drug-likeness (QED) is 0.334. The lowest BCUT2D eigenvalue weighted by Gasteiger charge is -2.15. The summed E-state index contributed by atoms with van der Waals surface area (Å²) in [6.07, 6.45) is 0. The molecular weight excluding hydrogens is 310 g/mol. The largest absolute Gasteiger partial charge is 0.500 e. The van der Waals surface area contributed by atoms with Crippen molar-refractivity contribution in [3.8, 4) is 0 Å². The molecule has 0 aliphatic carbocycles. The summed E-state index contributed by atoms with van der Waals surface area (Å²) in [5, 5.41) is 9.53. The molecule has 0 bridgehead atoms. The molecule has 2 aromatic carbocycles. The van der Waals surface area contributed by atoms with E-state index in [9.17, 15) is 14.7 Å². The summed E-state index contributed by atoms with van der Waals surface area (Å²) >= 11 is 0. The Morgan fingerprint density at radius 1 is 1.00 bits per heavy atom. The summed E-state index contributed by atoms with van der Waals surface area (Å²) in [6, 6.07) is 16.8. The minimum atomic E-state index is -1.44. The van der Waals surface area contributed by atoms with Crippen molar-refractivity contribution in [2.24, 2.45) is 0 Å². The fourth-order valence-electron chi connectivity index (χ4n) is 1.87. The van der Waals surface area contributed by atoms with Crippen molar-refractivity contribution in [3.63, 3.8) is 0 Å². The van der Waals surface area contributed by atoms with Gasteiger partial charge in [-0.15, -0.1) is 0 Å². The monoisotopic (exact) mass is 327 g/mol. The number of hydroxylamine groups is 1. The first-order valence-corrected chi connectivity index (χ1v) is 7.26. The summed E-state index contributed by atoms with van der Waals surface area (Å²) in [5.41, 5.74) is 3.97. The molecule has 0 amide bonds. The average Bonchev–Trinajstić information content (AvgIpc) is 2.64. The summed E-state index contributed by atoms with van der Waals surface area (Å²) in [4.78, 5) is 27.8. The highest BCUT2D eigenvalue weighted by atomic mass is 16.7. The molecule has 0 spiro atoms. The van der Waals surface area contributed by atoms with Crippen LogP contribution in [0.25, 0.3) is 0 Å². The summed E-state index contributed by atoms with van der Waals surface area (Å²) < 4.78 is 5.07. The normalized spacial score (nSPS) is 11.3. The van der Waals surface area contributed by atoms with Gasteiger partial charge in [-0.1, -0.05) is 60.7 Å². The van der Waals surface area contributed by atoms with Gasteiger partial charge in [0.1, 0.15) is 6.61 Å². The van der Waals surface area contributed by atoms with E-state index < -0.39 is 17.8 Å². The predicted molar refractivity (Wildman–Crippen MR) is 86.2 cm³/mol. The van der Waals surface area contributed by atoms with Crippen LogP contribution in [0.5, 0.6) is 0 Å². The van der Waals surface area contributed by atoms with Crippen molar-refractivity contribution in [1.29, 1.82) is 0 Å². The molecule has 0 heterocycles. The van der Waals surface area contributed by atoms with E-state index in [-0.39, 0.29) is 13.2 Å². The molecular formula is C18H17NO5. The van der Waals surface area contributed by atoms with Crippen molar-refractivity contribution in [3.05, 3.63) is 77.5 Å². The standard InChI is InChI=1S/C18H17NO5/c20-11-16(21)17(19-24-13-15-9-5-2-6-10-15)18(22)23-12-14-7-3-1-4-8-14/h1-10,17,19,21H,12-13H2/t17-/m0/s1. The number of ether oxygens (including phenoxy) is 1. The second kappa shape index (κ2) is 9.27. The highest BCUT2D eigenvalue weighted by Crippen LogP contribution is 2.06. The van der Waals surface area contributed by atoms with E-state index in [0.29, 0.717) is 0 Å². The molecule has 2 aromatic rings. The first kappa shape index (κ1) is 17.4. The number of hydrogen-bond donors (Lipinski definition) is 2. The maximum Gasteiger partial charge on any atom is 0.334 e. The number of aliphatic hydroxyl groups is 1. The Labute approximate surface area is 139 Å². The molecule has 24 heavy (non-hydrogen) atoms. The third-order valence-electron chi connectivity index (χ3n) is 3.12. The maximum atomic E-state index is 12.0. The van der Waals surface area contributed by atoms with Crippen LogP contribution in [0.2, 0.25) is 0 Å². The number of esters is 1. The lowest BCUT2D eigenvalue weighted by atomic mass is 10.2. The fraction of sp³-hybridized carbons (Fsp3) is 0.167. The number of benzene rings is 2. The number of carbonyl (C=O) groups is 1. The maximum absolute atomic E-state index is 12.0. The van der Waals surface area contributed by atoms with E-state index in [1.807, 2.05) is 48.5 Å². The molecule has 0 aliphatic heterocycles. The molecule has 2 rings (SSSR count). The molecule has 0 aromatic heterocycles. The van der Waals surface area contributed by atoms with Crippen LogP contribution in [0.15, 0.2) is 66.4 Å². The predicted octanol–water partition coefficient (Wildman–Crippen LogP) is 2.09. The zero-order chi connectivity index (χ0) is 17.2. The van der Waals surface area contributed by atoms with Crippen LogP contribution in [-0.2, 0) is 32.4 Å². The molecule has 0 aliphatic rings. The van der Waals surface area contributed by atoms with Crippen LogP contribution in [-0.4, -0.2) is 23.1 Å². The fourth-order valence-corrected chi connectivity index (χ4v) is 1.87. The van der Waals surface area contributed by atoms with Crippen molar-refractivity contribution >= 4 is 11.9 Å². The van der Waals surface area contributed by atoms with Gasteiger partial charge in [-0.05, 0) is 11.1 Å². The van der Waals surface area contributed by atoms with Gasteiger partial charge in [-0.25, -0.2) is 9.59 Å². The molecule has 0 saturated heterocycles. The summed E-state index contributed by atoms with van der Waals surface area (Å²) in [5.74, 6) is -0.401. The Morgan fingerprint density at radius 2 is 1.54 bits per heavy atom. The van der Waals surface area contributed by atoms with E-state index in [0.717, 1.165) is 11.1 Å². The van der Waals surface area contributed by atoms with E-state index in [1.54, 1.807) is 12.1 Å². The van der Waals surface area contributed by atoms with Crippen molar-refractivity contribution in [2.75, 3.05) is 0 Å². The molecule has 0 saturated carbocycles. The molecule has 6 nitrogen and oxygen atoms in total. The van der Waals surface area contributed by atoms with Gasteiger partial charge in [0.05, 0.1) is 6.61 Å². The van der Waals surface area contributed by atoms with Gasteiger partial charge in [-0.2, -0.15) is 5.48 Å². The zero-order valence-corrected chi connectivity index (χ0v) is 12.8. The van der Waals surface area contributed by atoms with Crippen LogP contribution in [0.4, 0.5) is 0 Å².